The molecule has 0 aliphatic carbocycles. The number of rotatable bonds is 1. The second kappa shape index (κ2) is 7.75. The van der Waals surface area contributed by atoms with E-state index in [1.165, 1.54) is 0 Å². The molecule has 1 heterocycles. The molecule has 0 fully saturated rings. The van der Waals surface area contributed by atoms with Gasteiger partial charge in [0.15, 0.2) is 0 Å². The molecule has 1 aliphatic heterocycles. The number of nitrogens with zero attached hydrogens (tertiary/aromatic N) is 2. The fourth-order valence-electron chi connectivity index (χ4n) is 2.31. The van der Waals surface area contributed by atoms with Crippen molar-refractivity contribution < 1.29 is 4.79 Å². The van der Waals surface area contributed by atoms with Gasteiger partial charge < -0.3 is 4.90 Å². The third kappa shape index (κ3) is 3.88. The normalized spacial score (nSPS) is 13.3. The average molecular weight is 327 g/mol. The highest BCUT2D eigenvalue weighted by molar-refractivity contribution is 6.32. The number of hydrogen-bond donors (Lipinski definition) is 0. The van der Waals surface area contributed by atoms with Gasteiger partial charge in [0, 0.05) is 23.2 Å². The molecule has 0 saturated heterocycles. The second-order valence-electron chi connectivity index (χ2n) is 5.05. The Morgan fingerprint density at radius 1 is 1.22 bits per heavy atom. The Bertz CT molecular complexity index is 738. The van der Waals surface area contributed by atoms with Gasteiger partial charge in [0.1, 0.15) is 6.54 Å². The smallest absolute Gasteiger partial charge is 0.248 e. The first-order chi connectivity index (χ1) is 11.1. The predicted molar refractivity (Wildman–Crippen MR) is 97.7 cm³/mol. The first kappa shape index (κ1) is 17.0. The van der Waals surface area contributed by atoms with Gasteiger partial charge in [0.05, 0.1) is 11.4 Å². The zero-order valence-electron chi connectivity index (χ0n) is 13.3. The monoisotopic (exact) mass is 326 g/mol. The molecule has 23 heavy (non-hydrogen) atoms. The third-order valence-electron chi connectivity index (χ3n) is 3.37. The molecule has 0 N–H and O–H groups in total. The van der Waals surface area contributed by atoms with E-state index in [-0.39, 0.29) is 12.5 Å². The lowest BCUT2D eigenvalue weighted by molar-refractivity contribution is -0.116. The van der Waals surface area contributed by atoms with Crippen molar-refractivity contribution in [2.75, 3.05) is 18.5 Å². The number of carbonyl (C=O) groups is 1. The lowest BCUT2D eigenvalue weighted by Gasteiger charge is -2.18. The molecule has 3 nitrogen and oxygen atoms in total. The molecular formula is C19H19ClN2O. The molecule has 0 radical (unpaired) electrons. The van der Waals surface area contributed by atoms with Crippen LogP contribution < -0.4 is 4.90 Å². The van der Waals surface area contributed by atoms with Crippen LogP contribution in [0, 0.1) is 0 Å². The molecule has 118 valence electrons. The summed E-state index contributed by atoms with van der Waals surface area (Å²) in [6, 6.07) is 15.3. The lowest BCUT2D eigenvalue weighted by Crippen LogP contribution is -2.27. The first-order valence-electron chi connectivity index (χ1n) is 7.32. The topological polar surface area (TPSA) is 32.7 Å². The maximum absolute atomic E-state index is 12.0. The van der Waals surface area contributed by atoms with Crippen LogP contribution in [0.4, 0.5) is 5.69 Å². The van der Waals surface area contributed by atoms with Gasteiger partial charge in [-0.3, -0.25) is 9.79 Å². The number of hydrogen-bond acceptors (Lipinski definition) is 2. The van der Waals surface area contributed by atoms with Gasteiger partial charge in [-0.15, -0.1) is 6.58 Å². The number of amides is 1. The largest absolute Gasteiger partial charge is 0.313 e. The van der Waals surface area contributed by atoms with Gasteiger partial charge in [0.2, 0.25) is 5.91 Å². The molecule has 0 aromatic heterocycles. The van der Waals surface area contributed by atoms with E-state index in [0.717, 1.165) is 22.5 Å². The van der Waals surface area contributed by atoms with Crippen LogP contribution in [-0.4, -0.2) is 25.2 Å². The Morgan fingerprint density at radius 2 is 1.87 bits per heavy atom. The molecule has 1 aliphatic rings. The summed E-state index contributed by atoms with van der Waals surface area (Å²) in [4.78, 5) is 18.1. The van der Waals surface area contributed by atoms with E-state index < -0.39 is 0 Å². The summed E-state index contributed by atoms with van der Waals surface area (Å²) in [5.41, 5.74) is 3.51. The minimum Gasteiger partial charge on any atom is -0.313 e. The molecule has 0 bridgehead atoms. The van der Waals surface area contributed by atoms with Crippen molar-refractivity contribution >= 4 is 28.9 Å². The molecule has 0 atom stereocenters. The summed E-state index contributed by atoms with van der Waals surface area (Å²) in [6.07, 6.45) is 1.75. The average Bonchev–Trinajstić information content (AvgIpc) is 2.67. The van der Waals surface area contributed by atoms with E-state index in [9.17, 15) is 4.79 Å². The van der Waals surface area contributed by atoms with Gasteiger partial charge in [-0.05, 0) is 25.1 Å². The number of halogens is 1. The summed E-state index contributed by atoms with van der Waals surface area (Å²) in [7, 11) is 1.76. The fourth-order valence-corrected chi connectivity index (χ4v) is 2.48. The van der Waals surface area contributed by atoms with Crippen molar-refractivity contribution in [3.05, 3.63) is 77.3 Å². The summed E-state index contributed by atoms with van der Waals surface area (Å²) in [5.74, 6) is -0.0282. The second-order valence-corrected chi connectivity index (χ2v) is 5.49. The maximum Gasteiger partial charge on any atom is 0.248 e. The molecule has 1 amide bonds. The zero-order chi connectivity index (χ0) is 16.8. The number of benzene rings is 2. The summed E-state index contributed by atoms with van der Waals surface area (Å²) < 4.78 is 0. The summed E-state index contributed by atoms with van der Waals surface area (Å²) >= 11 is 6.11. The number of aliphatic imine (C=N–C) groups is 1. The molecule has 0 unspecified atom stereocenters. The first-order valence-corrected chi connectivity index (χ1v) is 7.69. The van der Waals surface area contributed by atoms with Gasteiger partial charge >= 0.3 is 0 Å². The molecule has 2 aromatic carbocycles. The van der Waals surface area contributed by atoms with E-state index in [1.807, 2.05) is 49.4 Å². The minimum absolute atomic E-state index is 0.0282. The van der Waals surface area contributed by atoms with Crippen molar-refractivity contribution in [3.63, 3.8) is 0 Å². The number of benzodiazepines with no additional fused rings is 1. The number of fused-ring (bicyclic) bond motifs is 1. The highest BCUT2D eigenvalue weighted by Gasteiger charge is 2.22. The van der Waals surface area contributed by atoms with Gasteiger partial charge in [-0.2, -0.15) is 0 Å². The van der Waals surface area contributed by atoms with Crippen LogP contribution in [-0.2, 0) is 4.79 Å². The van der Waals surface area contributed by atoms with Crippen molar-refractivity contribution in [3.8, 4) is 0 Å². The maximum atomic E-state index is 12.0. The Hall–Kier alpha value is -2.39. The predicted octanol–water partition coefficient (Wildman–Crippen LogP) is 4.35. The van der Waals surface area contributed by atoms with Crippen molar-refractivity contribution in [2.24, 2.45) is 4.99 Å². The Kier molecular flexibility index (Phi) is 5.72. The SMILES string of the molecule is C=CC.CN1C(=O)CN=C(c2ccccc2)c2cc(Cl)ccc21. The highest BCUT2D eigenvalue weighted by Crippen LogP contribution is 2.28. The van der Waals surface area contributed by atoms with Crippen molar-refractivity contribution in [1.82, 2.24) is 0 Å². The van der Waals surface area contributed by atoms with Crippen molar-refractivity contribution in [2.45, 2.75) is 6.92 Å². The van der Waals surface area contributed by atoms with Crippen LogP contribution in [0.5, 0.6) is 0 Å². The Morgan fingerprint density at radius 3 is 2.52 bits per heavy atom. The molecule has 0 spiro atoms. The van der Waals surface area contributed by atoms with Crippen LogP contribution >= 0.6 is 11.6 Å². The zero-order valence-corrected chi connectivity index (χ0v) is 14.0. The van der Waals surface area contributed by atoms with E-state index in [4.69, 9.17) is 11.6 Å². The van der Waals surface area contributed by atoms with Crippen LogP contribution in [0.15, 0.2) is 66.2 Å². The molecule has 0 saturated carbocycles. The van der Waals surface area contributed by atoms with Crippen LogP contribution in [0.3, 0.4) is 0 Å². The standard InChI is InChI=1S/C16H13ClN2O.C3H6/c1-19-14-8-7-12(17)9-13(14)16(18-10-15(19)20)11-5-3-2-4-6-11;1-3-2/h2-9H,10H2,1H3;3H,1H2,2H3. The van der Waals surface area contributed by atoms with Crippen LogP contribution in [0.1, 0.15) is 18.1 Å². The molecule has 4 heteroatoms. The van der Waals surface area contributed by atoms with E-state index >= 15 is 0 Å². The van der Waals surface area contributed by atoms with Gasteiger partial charge in [-0.1, -0.05) is 48.0 Å². The van der Waals surface area contributed by atoms with Gasteiger partial charge in [0.25, 0.3) is 0 Å². The summed E-state index contributed by atoms with van der Waals surface area (Å²) in [6.45, 7) is 5.40. The Labute approximate surface area is 141 Å². The third-order valence-corrected chi connectivity index (χ3v) is 3.60. The van der Waals surface area contributed by atoms with Gasteiger partial charge in [-0.25, -0.2) is 0 Å². The number of allylic oxidation sites excluding steroid dienone is 1. The minimum atomic E-state index is -0.0282. The van der Waals surface area contributed by atoms with Crippen LogP contribution in [0.25, 0.3) is 0 Å². The Balaban J connectivity index is 0.000000595. The number of anilines is 1. The van der Waals surface area contributed by atoms with Crippen LogP contribution in [0.2, 0.25) is 5.02 Å². The highest BCUT2D eigenvalue weighted by atomic mass is 35.5. The van der Waals surface area contributed by atoms with E-state index in [2.05, 4.69) is 11.6 Å². The lowest BCUT2D eigenvalue weighted by atomic mass is 10.0. The number of carbonyl (C=O) groups excluding carboxylic acids is 1. The number of likely N-dealkylation sites (N-methyl/N-ethyl adjacent to an activating group) is 1. The fraction of sp³-hybridized carbons (Fsp3) is 0.158. The molecule has 3 rings (SSSR count). The van der Waals surface area contributed by atoms with Crippen molar-refractivity contribution in [1.29, 1.82) is 0 Å². The quantitative estimate of drug-likeness (QED) is 0.717. The molecular weight excluding hydrogens is 308 g/mol. The van der Waals surface area contributed by atoms with E-state index in [1.54, 1.807) is 24.1 Å². The van der Waals surface area contributed by atoms with E-state index in [0.29, 0.717) is 5.02 Å². The molecule has 2 aromatic rings. The summed E-state index contributed by atoms with van der Waals surface area (Å²) in [5, 5.41) is 0.634.